The summed E-state index contributed by atoms with van der Waals surface area (Å²) >= 11 is 17.8. The van der Waals surface area contributed by atoms with Crippen LogP contribution in [0.25, 0.3) is 0 Å². The van der Waals surface area contributed by atoms with Crippen molar-refractivity contribution in [3.8, 4) is 0 Å². The van der Waals surface area contributed by atoms with Crippen molar-refractivity contribution in [2.75, 3.05) is 6.61 Å². The van der Waals surface area contributed by atoms with Crippen LogP contribution in [0.1, 0.15) is 27.0 Å². The van der Waals surface area contributed by atoms with Gasteiger partial charge < -0.3 is 28.4 Å². The number of carbonyl (C=O) groups is 1. The lowest BCUT2D eigenvalue weighted by molar-refractivity contribution is -0.302. The Kier molecular flexibility index (Phi) is 13.0. The molecule has 1 fully saturated rings. The van der Waals surface area contributed by atoms with Gasteiger partial charge in [-0.3, -0.25) is 5.41 Å². The number of carbonyl (C=O) groups excluding carboxylic acids is 1. The first-order valence-corrected chi connectivity index (χ1v) is 16.3. The number of hydrogen-bond acceptors (Lipinski definition) is 8. The first-order valence-electron chi connectivity index (χ1n) is 15.1. The van der Waals surface area contributed by atoms with Gasteiger partial charge in [0.25, 0.3) is 3.79 Å². The summed E-state index contributed by atoms with van der Waals surface area (Å²) in [5, 5.41) is 8.29. The minimum absolute atomic E-state index is 0.00525. The molecule has 5 atom stereocenters. The summed E-state index contributed by atoms with van der Waals surface area (Å²) in [5.74, 6) is -4.00. The zero-order valence-electron chi connectivity index (χ0n) is 25.9. The van der Waals surface area contributed by atoms with E-state index in [0.717, 1.165) is 28.8 Å². The molecule has 13 heteroatoms. The van der Waals surface area contributed by atoms with Crippen molar-refractivity contribution in [2.24, 2.45) is 0 Å². The third-order valence-corrected chi connectivity index (χ3v) is 7.95. The molecule has 1 N–H and O–H groups in total. The SMILES string of the molecule is N=C(O[C@H]1O[C@H](COCc2ccccc2)[C@@H](OCc2ccccc2)[C@H](OCc2ccccc2)[C@@H]1OC(=O)c1cc(F)ccc1F)C(Cl)(Cl)Cl. The predicted molar refractivity (Wildman–Crippen MR) is 179 cm³/mol. The number of nitrogens with one attached hydrogen (secondary N) is 1. The summed E-state index contributed by atoms with van der Waals surface area (Å²) in [6, 6.07) is 30.2. The van der Waals surface area contributed by atoms with Crippen molar-refractivity contribution in [1.29, 1.82) is 5.41 Å². The zero-order valence-corrected chi connectivity index (χ0v) is 28.1. The first kappa shape index (κ1) is 36.7. The molecule has 1 heterocycles. The van der Waals surface area contributed by atoms with Crippen LogP contribution in [-0.2, 0) is 48.2 Å². The highest BCUT2D eigenvalue weighted by Gasteiger charge is 2.52. The second kappa shape index (κ2) is 17.4. The van der Waals surface area contributed by atoms with E-state index in [4.69, 9.17) is 68.6 Å². The molecule has 1 aliphatic rings. The Morgan fingerprint density at radius 2 is 1.24 bits per heavy atom. The van der Waals surface area contributed by atoms with Gasteiger partial charge in [0.05, 0.1) is 32.0 Å². The summed E-state index contributed by atoms with van der Waals surface area (Å²) in [7, 11) is 0. The lowest BCUT2D eigenvalue weighted by Crippen LogP contribution is -2.62. The largest absolute Gasteiger partial charge is 0.449 e. The highest BCUT2D eigenvalue weighted by atomic mass is 35.6. The second-order valence-electron chi connectivity index (χ2n) is 11.0. The van der Waals surface area contributed by atoms with Crippen molar-refractivity contribution in [2.45, 2.75) is 54.3 Å². The van der Waals surface area contributed by atoms with E-state index in [-0.39, 0.29) is 26.4 Å². The molecule has 0 unspecified atom stereocenters. The predicted octanol–water partition coefficient (Wildman–Crippen LogP) is 7.97. The van der Waals surface area contributed by atoms with Crippen molar-refractivity contribution in [1.82, 2.24) is 0 Å². The maximum Gasteiger partial charge on any atom is 0.341 e. The molecule has 0 spiro atoms. The summed E-state index contributed by atoms with van der Waals surface area (Å²) < 4.78 is 63.1. The van der Waals surface area contributed by atoms with Gasteiger partial charge in [0, 0.05) is 0 Å². The summed E-state index contributed by atoms with van der Waals surface area (Å²) in [6.07, 6.45) is -6.36. The van der Waals surface area contributed by atoms with Crippen LogP contribution in [0.3, 0.4) is 0 Å². The van der Waals surface area contributed by atoms with Gasteiger partial charge in [-0.1, -0.05) is 126 Å². The van der Waals surface area contributed by atoms with Crippen LogP contribution in [-0.4, -0.2) is 53.0 Å². The molecule has 0 aromatic heterocycles. The van der Waals surface area contributed by atoms with Crippen LogP contribution in [0.5, 0.6) is 0 Å². The molecule has 0 amide bonds. The van der Waals surface area contributed by atoms with E-state index in [9.17, 15) is 13.6 Å². The Labute approximate surface area is 297 Å². The third kappa shape index (κ3) is 10.4. The quantitative estimate of drug-likeness (QED) is 0.0645. The van der Waals surface area contributed by atoms with Crippen LogP contribution in [0.4, 0.5) is 8.78 Å². The molecule has 4 aromatic rings. The van der Waals surface area contributed by atoms with E-state index < -0.39 is 63.6 Å². The maximum absolute atomic E-state index is 14.7. The molecule has 0 bridgehead atoms. The van der Waals surface area contributed by atoms with Gasteiger partial charge in [0.15, 0.2) is 6.10 Å². The number of ether oxygens (including phenoxy) is 6. The van der Waals surface area contributed by atoms with Gasteiger partial charge in [0.1, 0.15) is 29.9 Å². The Hall–Kier alpha value is -3.61. The van der Waals surface area contributed by atoms with Gasteiger partial charge in [-0.05, 0) is 34.9 Å². The van der Waals surface area contributed by atoms with Gasteiger partial charge in [-0.25, -0.2) is 13.6 Å². The van der Waals surface area contributed by atoms with E-state index in [0.29, 0.717) is 6.07 Å². The molecule has 4 aromatic carbocycles. The first-order chi connectivity index (χ1) is 23.6. The van der Waals surface area contributed by atoms with E-state index in [2.05, 4.69) is 0 Å². The molecule has 49 heavy (non-hydrogen) atoms. The minimum atomic E-state index is -2.33. The number of halogens is 5. The number of rotatable bonds is 13. The smallest absolute Gasteiger partial charge is 0.341 e. The van der Waals surface area contributed by atoms with E-state index >= 15 is 0 Å². The Morgan fingerprint density at radius 1 is 0.714 bits per heavy atom. The molecule has 0 radical (unpaired) electrons. The molecule has 0 aliphatic carbocycles. The van der Waals surface area contributed by atoms with Gasteiger partial charge in [-0.2, -0.15) is 0 Å². The summed E-state index contributed by atoms with van der Waals surface area (Å²) in [6.45, 7) is 0.239. The molecule has 5 rings (SSSR count). The van der Waals surface area contributed by atoms with Gasteiger partial charge in [-0.15, -0.1) is 0 Å². The number of hydrogen-bond donors (Lipinski definition) is 1. The molecule has 1 aliphatic heterocycles. The molecule has 0 saturated carbocycles. The number of benzene rings is 4. The summed E-state index contributed by atoms with van der Waals surface area (Å²) in [4.78, 5) is 13.4. The third-order valence-electron chi connectivity index (χ3n) is 7.44. The monoisotopic (exact) mass is 733 g/mol. The fraction of sp³-hybridized carbons (Fsp3) is 0.278. The Bertz CT molecular complexity index is 1670. The fourth-order valence-electron chi connectivity index (χ4n) is 5.05. The maximum atomic E-state index is 14.7. The van der Waals surface area contributed by atoms with Gasteiger partial charge in [0.2, 0.25) is 12.2 Å². The average molecular weight is 735 g/mol. The van der Waals surface area contributed by atoms with Crippen LogP contribution in [0.15, 0.2) is 109 Å². The zero-order chi connectivity index (χ0) is 34.8. The lowest BCUT2D eigenvalue weighted by Gasteiger charge is -2.45. The molecule has 8 nitrogen and oxygen atoms in total. The Morgan fingerprint density at radius 3 is 1.80 bits per heavy atom. The highest BCUT2D eigenvalue weighted by molar-refractivity contribution is 6.76. The molecule has 1 saturated heterocycles. The Balaban J connectivity index is 1.52. The van der Waals surface area contributed by atoms with Crippen molar-refractivity contribution < 1.29 is 42.0 Å². The van der Waals surface area contributed by atoms with Crippen LogP contribution in [0, 0.1) is 17.0 Å². The van der Waals surface area contributed by atoms with E-state index in [1.807, 2.05) is 91.0 Å². The van der Waals surface area contributed by atoms with E-state index in [1.165, 1.54) is 0 Å². The molecular weight excluding hydrogens is 703 g/mol. The van der Waals surface area contributed by atoms with Crippen LogP contribution in [0.2, 0.25) is 0 Å². The standard InChI is InChI=1S/C36H32Cl3F2NO7/c37-36(38,39)35(42)49-34-32(48-33(43)27-18-26(40)16-17-28(27)41)31(46-21-25-14-8-3-9-15-25)30(45-20-24-12-6-2-7-13-24)29(47-34)22-44-19-23-10-4-1-5-11-23/h1-18,29-32,34,42H,19-22H2/t29-,30-,31+,32+,34-/m1/s1. The lowest BCUT2D eigenvalue weighted by atomic mass is 9.97. The molecule has 258 valence electrons. The fourth-order valence-corrected chi connectivity index (χ4v) is 5.18. The molecular formula is C36H32Cl3F2NO7. The van der Waals surface area contributed by atoms with Crippen molar-refractivity contribution in [3.63, 3.8) is 0 Å². The van der Waals surface area contributed by atoms with Crippen LogP contribution >= 0.6 is 34.8 Å². The average Bonchev–Trinajstić information content (AvgIpc) is 3.09. The van der Waals surface area contributed by atoms with Gasteiger partial charge >= 0.3 is 5.97 Å². The highest BCUT2D eigenvalue weighted by Crippen LogP contribution is 2.35. The number of esters is 1. The normalized spacial score (nSPS) is 20.8. The van der Waals surface area contributed by atoms with Crippen molar-refractivity contribution >= 4 is 46.7 Å². The van der Waals surface area contributed by atoms with Crippen LogP contribution < -0.4 is 0 Å². The van der Waals surface area contributed by atoms with Crippen molar-refractivity contribution in [3.05, 3.63) is 143 Å². The number of alkyl halides is 3. The topological polar surface area (TPSA) is 96.3 Å². The summed E-state index contributed by atoms with van der Waals surface area (Å²) in [5.41, 5.74) is 1.79. The second-order valence-corrected chi connectivity index (χ2v) is 13.3. The van der Waals surface area contributed by atoms with E-state index in [1.54, 1.807) is 0 Å². The minimum Gasteiger partial charge on any atom is -0.449 e.